The van der Waals surface area contributed by atoms with Crippen LogP contribution >= 0.6 is 0 Å². The molecule has 0 aliphatic carbocycles. The van der Waals surface area contributed by atoms with Crippen molar-refractivity contribution in [1.82, 2.24) is 5.32 Å². The molecule has 0 bridgehead atoms. The number of rotatable bonds is 8. The van der Waals surface area contributed by atoms with Crippen LogP contribution in [0.2, 0.25) is 0 Å². The monoisotopic (exact) mass is 529 g/mol. The van der Waals surface area contributed by atoms with E-state index in [9.17, 15) is 13.7 Å². The number of benzene rings is 3. The number of fused-ring (bicyclic) bond motifs is 1. The summed E-state index contributed by atoms with van der Waals surface area (Å²) in [6.45, 7) is 2.45. The van der Waals surface area contributed by atoms with Crippen molar-refractivity contribution in [2.75, 3.05) is 24.1 Å². The summed E-state index contributed by atoms with van der Waals surface area (Å²) in [5, 5.41) is 2.49. The SMILES string of the molecule is CCC/C=C(/C(=O)NC)c1ccc(-c2c(F)ccc(N[S+]([O-])c3ccc4c(c3)OCC4)c2F)c(F)c1N. The lowest BCUT2D eigenvalue weighted by atomic mass is 9.95. The normalized spacial score (nSPS) is 13.6. The first-order chi connectivity index (χ1) is 17.8. The summed E-state index contributed by atoms with van der Waals surface area (Å²) < 4.78 is 66.6. The Morgan fingerprint density at radius 1 is 1.16 bits per heavy atom. The standard InChI is InChI=1S/C27H26F3N3O3S/c1-3-4-5-18(27(34)32-2)17-8-9-19(24(29)26(17)31)23-20(28)10-11-21(25(23)30)33-37(35)16-7-6-15-12-13-36-22(15)14-16/h5-11,14,33H,3-4,12-13,31H2,1-2H3,(H,32,34)/b18-5+. The van der Waals surface area contributed by atoms with Crippen LogP contribution in [0.3, 0.4) is 0 Å². The van der Waals surface area contributed by atoms with Gasteiger partial charge in [-0.1, -0.05) is 37.6 Å². The van der Waals surface area contributed by atoms with Crippen LogP contribution in [-0.4, -0.2) is 24.1 Å². The molecule has 0 saturated heterocycles. The van der Waals surface area contributed by atoms with Crippen molar-refractivity contribution in [1.29, 1.82) is 0 Å². The maximum absolute atomic E-state index is 15.5. The van der Waals surface area contributed by atoms with Gasteiger partial charge in [-0.15, -0.1) is 0 Å². The molecule has 3 aromatic rings. The van der Waals surface area contributed by atoms with Gasteiger partial charge in [0.05, 0.1) is 17.9 Å². The van der Waals surface area contributed by atoms with Gasteiger partial charge in [-0.25, -0.2) is 17.9 Å². The van der Waals surface area contributed by atoms with Crippen LogP contribution in [0.5, 0.6) is 5.75 Å². The van der Waals surface area contributed by atoms with E-state index >= 15 is 8.78 Å². The van der Waals surface area contributed by atoms with Crippen LogP contribution in [-0.2, 0) is 22.6 Å². The average molecular weight is 530 g/mol. The van der Waals surface area contributed by atoms with Crippen molar-refractivity contribution in [3.63, 3.8) is 0 Å². The summed E-state index contributed by atoms with van der Waals surface area (Å²) in [7, 11) is 1.44. The fourth-order valence-corrected chi connectivity index (χ4v) is 4.95. The Kier molecular flexibility index (Phi) is 7.99. The van der Waals surface area contributed by atoms with E-state index in [-0.39, 0.29) is 16.8 Å². The number of unbranched alkanes of at least 4 members (excludes halogenated alkanes) is 1. The molecule has 1 aliphatic heterocycles. The number of nitrogens with two attached hydrogens (primary N) is 1. The van der Waals surface area contributed by atoms with Gasteiger partial charge in [-0.2, -0.15) is 0 Å². The van der Waals surface area contributed by atoms with E-state index in [4.69, 9.17) is 10.5 Å². The van der Waals surface area contributed by atoms with Crippen LogP contribution in [0.4, 0.5) is 24.5 Å². The number of carbonyl (C=O) groups is 1. The Labute approximate surface area is 216 Å². The average Bonchev–Trinajstić information content (AvgIpc) is 3.37. The first kappa shape index (κ1) is 26.4. The molecule has 0 radical (unpaired) electrons. The summed E-state index contributed by atoms with van der Waals surface area (Å²) in [5.74, 6) is -3.09. The fraction of sp³-hybridized carbons (Fsp3) is 0.222. The number of hydrogen-bond acceptors (Lipinski definition) is 5. The molecular formula is C27H26F3N3O3S. The summed E-state index contributed by atoms with van der Waals surface area (Å²) in [6, 6.07) is 9.58. The number of nitrogen functional groups attached to an aromatic ring is 1. The minimum absolute atomic E-state index is 0.115. The molecule has 0 fully saturated rings. The zero-order valence-electron chi connectivity index (χ0n) is 20.3. The molecule has 0 saturated carbocycles. The maximum atomic E-state index is 15.5. The van der Waals surface area contributed by atoms with Gasteiger partial charge in [-0.3, -0.25) is 4.79 Å². The Hall–Kier alpha value is -3.63. The lowest BCUT2D eigenvalue weighted by molar-refractivity contribution is -0.115. The molecule has 1 unspecified atom stereocenters. The topological polar surface area (TPSA) is 99.4 Å². The van der Waals surface area contributed by atoms with Gasteiger partial charge in [0.2, 0.25) is 0 Å². The van der Waals surface area contributed by atoms with Gasteiger partial charge in [0, 0.05) is 36.2 Å². The largest absolute Gasteiger partial charge is 0.588 e. The molecule has 1 amide bonds. The predicted octanol–water partition coefficient (Wildman–Crippen LogP) is 5.35. The second-order valence-electron chi connectivity index (χ2n) is 8.40. The number of nitrogens with one attached hydrogen (secondary N) is 2. The second-order valence-corrected chi connectivity index (χ2v) is 9.61. The van der Waals surface area contributed by atoms with Crippen molar-refractivity contribution < 1.29 is 27.3 Å². The highest BCUT2D eigenvalue weighted by Gasteiger charge is 2.26. The maximum Gasteiger partial charge on any atom is 0.251 e. The predicted molar refractivity (Wildman–Crippen MR) is 139 cm³/mol. The van der Waals surface area contributed by atoms with E-state index in [1.165, 1.54) is 19.2 Å². The van der Waals surface area contributed by atoms with Gasteiger partial charge < -0.3 is 20.3 Å². The van der Waals surface area contributed by atoms with E-state index in [0.717, 1.165) is 30.5 Å². The molecule has 1 atom stereocenters. The highest BCUT2D eigenvalue weighted by Crippen LogP contribution is 2.38. The molecular weight excluding hydrogens is 503 g/mol. The van der Waals surface area contributed by atoms with Crippen LogP contribution in [0, 0.1) is 17.5 Å². The Balaban J connectivity index is 1.70. The third-order valence-corrected chi connectivity index (χ3v) is 7.11. The number of hydrogen-bond donors (Lipinski definition) is 3. The molecule has 1 aliphatic rings. The number of allylic oxidation sites excluding steroid dienone is 1. The van der Waals surface area contributed by atoms with E-state index in [2.05, 4.69) is 10.0 Å². The van der Waals surface area contributed by atoms with Crippen LogP contribution in [0.15, 0.2) is 53.4 Å². The Morgan fingerprint density at radius 2 is 1.95 bits per heavy atom. The van der Waals surface area contributed by atoms with E-state index in [0.29, 0.717) is 23.7 Å². The molecule has 10 heteroatoms. The molecule has 194 valence electrons. The van der Waals surface area contributed by atoms with Crippen molar-refractivity contribution in [3.8, 4) is 16.9 Å². The van der Waals surface area contributed by atoms with E-state index in [1.54, 1.807) is 24.3 Å². The Bertz CT molecular complexity index is 1380. The van der Waals surface area contributed by atoms with Gasteiger partial charge in [0.25, 0.3) is 5.91 Å². The van der Waals surface area contributed by atoms with Gasteiger partial charge >= 0.3 is 0 Å². The highest BCUT2D eigenvalue weighted by molar-refractivity contribution is 7.92. The van der Waals surface area contributed by atoms with Crippen molar-refractivity contribution in [3.05, 3.63) is 77.1 Å². The quantitative estimate of drug-likeness (QED) is 0.208. The first-order valence-electron chi connectivity index (χ1n) is 11.7. The number of halogens is 3. The zero-order valence-corrected chi connectivity index (χ0v) is 21.1. The van der Waals surface area contributed by atoms with Crippen LogP contribution in [0.1, 0.15) is 30.9 Å². The summed E-state index contributed by atoms with van der Waals surface area (Å²) in [5.41, 5.74) is 5.47. The van der Waals surface area contributed by atoms with E-state index < -0.39 is 51.5 Å². The van der Waals surface area contributed by atoms with Crippen molar-refractivity contribution in [2.24, 2.45) is 0 Å². The van der Waals surface area contributed by atoms with Gasteiger partial charge in [-0.05, 0) is 30.2 Å². The smallest absolute Gasteiger partial charge is 0.251 e. The molecule has 37 heavy (non-hydrogen) atoms. The molecule has 0 spiro atoms. The number of likely N-dealkylation sites (N-methyl/N-ethyl adjacent to an activating group) is 1. The molecule has 3 aromatic carbocycles. The fourth-order valence-electron chi connectivity index (χ4n) is 4.07. The number of carbonyl (C=O) groups excluding carboxylic acids is 1. The molecule has 1 heterocycles. The van der Waals surface area contributed by atoms with Crippen molar-refractivity contribution >= 4 is 34.2 Å². The minimum Gasteiger partial charge on any atom is -0.588 e. The van der Waals surface area contributed by atoms with Crippen LogP contribution in [0.25, 0.3) is 16.7 Å². The third-order valence-electron chi connectivity index (χ3n) is 6.02. The first-order valence-corrected chi connectivity index (χ1v) is 12.8. The minimum atomic E-state index is -1.90. The molecule has 4 rings (SSSR count). The molecule has 0 aromatic heterocycles. The summed E-state index contributed by atoms with van der Waals surface area (Å²) in [4.78, 5) is 12.7. The zero-order chi connectivity index (χ0) is 26.7. The lowest BCUT2D eigenvalue weighted by Gasteiger charge is -2.17. The van der Waals surface area contributed by atoms with Gasteiger partial charge in [0.1, 0.15) is 28.6 Å². The number of anilines is 2. The third kappa shape index (κ3) is 5.26. The Morgan fingerprint density at radius 3 is 2.68 bits per heavy atom. The number of ether oxygens (including phenoxy) is 1. The number of amides is 1. The lowest BCUT2D eigenvalue weighted by Crippen LogP contribution is -2.20. The van der Waals surface area contributed by atoms with E-state index in [1.807, 2.05) is 6.92 Å². The highest BCUT2D eigenvalue weighted by atomic mass is 32.2. The summed E-state index contributed by atoms with van der Waals surface area (Å²) in [6.07, 6.45) is 3.68. The van der Waals surface area contributed by atoms with Gasteiger partial charge in [0.15, 0.2) is 16.5 Å². The molecule has 6 nitrogen and oxygen atoms in total. The molecule has 4 N–H and O–H groups in total. The van der Waals surface area contributed by atoms with Crippen molar-refractivity contribution in [2.45, 2.75) is 31.1 Å². The second kappa shape index (κ2) is 11.2. The van der Waals surface area contributed by atoms with Crippen LogP contribution < -0.4 is 20.5 Å². The summed E-state index contributed by atoms with van der Waals surface area (Å²) >= 11 is -1.90.